The average molecular weight is 162 g/mol. The van der Waals surface area contributed by atoms with Crippen LogP contribution in [0, 0.1) is 0 Å². The first-order chi connectivity index (χ1) is 5.83. The second-order valence-electron chi connectivity index (χ2n) is 2.68. The maximum absolute atomic E-state index is 5.65. The van der Waals surface area contributed by atoms with Crippen LogP contribution in [0.25, 0.3) is 10.9 Å². The fourth-order valence-electron chi connectivity index (χ4n) is 1.27. The molecule has 0 unspecified atom stereocenters. The topological polar surface area (TPSA) is 67.6 Å². The Kier molecular flexibility index (Phi) is 1.46. The quantitative estimate of drug-likeness (QED) is 0.659. The Labute approximate surface area is 69.8 Å². The number of fused-ring (bicyclic) bond motifs is 1. The molecule has 4 heteroatoms. The second kappa shape index (κ2) is 2.48. The highest BCUT2D eigenvalue weighted by Crippen LogP contribution is 2.19. The van der Waals surface area contributed by atoms with Crippen molar-refractivity contribution >= 4 is 16.7 Å². The molecular formula is C8H10N4. The van der Waals surface area contributed by atoms with Crippen molar-refractivity contribution in [2.45, 2.75) is 13.3 Å². The standard InChI is InChI=1S/C8H10N4/c1-2-5-3-10-8(9)6-4-11-12-7(5)6/h3-4H,2H2,1H3,(H2,9,10)(H,11,12). The molecular weight excluding hydrogens is 152 g/mol. The third-order valence-corrected chi connectivity index (χ3v) is 1.98. The maximum atomic E-state index is 5.65. The third-order valence-electron chi connectivity index (χ3n) is 1.98. The lowest BCUT2D eigenvalue weighted by atomic mass is 10.2. The molecule has 4 nitrogen and oxygen atoms in total. The van der Waals surface area contributed by atoms with Crippen molar-refractivity contribution < 1.29 is 0 Å². The summed E-state index contributed by atoms with van der Waals surface area (Å²) in [5.41, 5.74) is 7.81. The van der Waals surface area contributed by atoms with Gasteiger partial charge in [-0.2, -0.15) is 5.10 Å². The molecule has 0 aromatic carbocycles. The van der Waals surface area contributed by atoms with Crippen molar-refractivity contribution in [3.05, 3.63) is 18.0 Å². The summed E-state index contributed by atoms with van der Waals surface area (Å²) >= 11 is 0. The van der Waals surface area contributed by atoms with Crippen LogP contribution in [0.1, 0.15) is 12.5 Å². The zero-order chi connectivity index (χ0) is 8.55. The number of hydrogen-bond donors (Lipinski definition) is 2. The predicted octanol–water partition coefficient (Wildman–Crippen LogP) is 1.10. The molecule has 3 N–H and O–H groups in total. The zero-order valence-corrected chi connectivity index (χ0v) is 6.83. The molecule has 0 amide bonds. The van der Waals surface area contributed by atoms with Crippen LogP contribution in [-0.4, -0.2) is 15.2 Å². The van der Waals surface area contributed by atoms with Gasteiger partial charge in [-0.15, -0.1) is 0 Å². The van der Waals surface area contributed by atoms with E-state index in [1.807, 2.05) is 0 Å². The van der Waals surface area contributed by atoms with Crippen LogP contribution in [0.2, 0.25) is 0 Å². The first-order valence-corrected chi connectivity index (χ1v) is 3.89. The average Bonchev–Trinajstić information content (AvgIpc) is 2.54. The lowest BCUT2D eigenvalue weighted by Gasteiger charge is -1.99. The highest BCUT2D eigenvalue weighted by Gasteiger charge is 2.04. The van der Waals surface area contributed by atoms with E-state index in [-0.39, 0.29) is 0 Å². The van der Waals surface area contributed by atoms with Crippen molar-refractivity contribution in [3.8, 4) is 0 Å². The smallest absolute Gasteiger partial charge is 0.134 e. The molecule has 0 bridgehead atoms. The van der Waals surface area contributed by atoms with Gasteiger partial charge in [-0.3, -0.25) is 5.10 Å². The van der Waals surface area contributed by atoms with Gasteiger partial charge in [0.25, 0.3) is 0 Å². The van der Waals surface area contributed by atoms with Crippen LogP contribution in [0.5, 0.6) is 0 Å². The van der Waals surface area contributed by atoms with Crippen molar-refractivity contribution in [3.63, 3.8) is 0 Å². The van der Waals surface area contributed by atoms with Crippen LogP contribution in [0.15, 0.2) is 12.4 Å². The minimum atomic E-state index is 0.538. The number of pyridine rings is 1. The van der Waals surface area contributed by atoms with Gasteiger partial charge >= 0.3 is 0 Å². The fraction of sp³-hybridized carbons (Fsp3) is 0.250. The number of H-pyrrole nitrogens is 1. The van der Waals surface area contributed by atoms with Gasteiger partial charge in [0, 0.05) is 6.20 Å². The van der Waals surface area contributed by atoms with Crippen LogP contribution in [0.4, 0.5) is 5.82 Å². The number of nitrogens with zero attached hydrogens (tertiary/aromatic N) is 2. The number of aromatic amines is 1. The number of rotatable bonds is 1. The summed E-state index contributed by atoms with van der Waals surface area (Å²) in [5.74, 6) is 0.538. The number of aryl methyl sites for hydroxylation is 1. The molecule has 0 saturated heterocycles. The molecule has 2 aromatic heterocycles. The Bertz CT molecular complexity index is 404. The van der Waals surface area contributed by atoms with E-state index >= 15 is 0 Å². The van der Waals surface area contributed by atoms with E-state index in [9.17, 15) is 0 Å². The normalized spacial score (nSPS) is 10.8. The molecule has 0 aliphatic heterocycles. The maximum Gasteiger partial charge on any atom is 0.134 e. The van der Waals surface area contributed by atoms with E-state index in [0.717, 1.165) is 22.9 Å². The Morgan fingerprint density at radius 1 is 1.50 bits per heavy atom. The van der Waals surface area contributed by atoms with E-state index < -0.39 is 0 Å². The molecule has 2 aromatic rings. The third kappa shape index (κ3) is 0.845. The van der Waals surface area contributed by atoms with Gasteiger partial charge in [0.05, 0.1) is 17.1 Å². The zero-order valence-electron chi connectivity index (χ0n) is 6.83. The minimum Gasteiger partial charge on any atom is -0.383 e. The van der Waals surface area contributed by atoms with Gasteiger partial charge in [-0.25, -0.2) is 4.98 Å². The predicted molar refractivity (Wildman–Crippen MR) is 47.7 cm³/mol. The Morgan fingerprint density at radius 3 is 3.08 bits per heavy atom. The van der Waals surface area contributed by atoms with E-state index in [2.05, 4.69) is 22.1 Å². The first kappa shape index (κ1) is 7.09. The summed E-state index contributed by atoms with van der Waals surface area (Å²) in [6.07, 6.45) is 4.43. The molecule has 2 rings (SSSR count). The first-order valence-electron chi connectivity index (χ1n) is 3.89. The number of anilines is 1. The van der Waals surface area contributed by atoms with Crippen LogP contribution in [0.3, 0.4) is 0 Å². The lowest BCUT2D eigenvalue weighted by molar-refractivity contribution is 1.08. The summed E-state index contributed by atoms with van der Waals surface area (Å²) < 4.78 is 0. The molecule has 0 atom stereocenters. The van der Waals surface area contributed by atoms with E-state index in [4.69, 9.17) is 5.73 Å². The Balaban J connectivity index is 2.82. The molecule has 12 heavy (non-hydrogen) atoms. The Morgan fingerprint density at radius 2 is 2.33 bits per heavy atom. The largest absolute Gasteiger partial charge is 0.383 e. The van der Waals surface area contributed by atoms with Gasteiger partial charge in [0.15, 0.2) is 0 Å². The molecule has 2 heterocycles. The summed E-state index contributed by atoms with van der Waals surface area (Å²) in [6, 6.07) is 0. The van der Waals surface area contributed by atoms with Crippen molar-refractivity contribution in [2.75, 3.05) is 5.73 Å². The number of nitrogen functional groups attached to an aromatic ring is 1. The fourth-order valence-corrected chi connectivity index (χ4v) is 1.27. The van der Waals surface area contributed by atoms with Gasteiger partial charge < -0.3 is 5.73 Å². The number of aromatic nitrogens is 3. The van der Waals surface area contributed by atoms with Crippen LogP contribution >= 0.6 is 0 Å². The van der Waals surface area contributed by atoms with E-state index in [1.54, 1.807) is 12.4 Å². The van der Waals surface area contributed by atoms with Gasteiger partial charge in [0.2, 0.25) is 0 Å². The molecule has 0 aliphatic carbocycles. The van der Waals surface area contributed by atoms with Crippen molar-refractivity contribution in [2.24, 2.45) is 0 Å². The number of nitrogens with two attached hydrogens (primary N) is 1. The Hall–Kier alpha value is -1.58. The van der Waals surface area contributed by atoms with Crippen molar-refractivity contribution in [1.82, 2.24) is 15.2 Å². The molecule has 0 radical (unpaired) electrons. The number of hydrogen-bond acceptors (Lipinski definition) is 3. The summed E-state index contributed by atoms with van der Waals surface area (Å²) in [5, 5.41) is 7.75. The van der Waals surface area contributed by atoms with E-state index in [0.29, 0.717) is 5.82 Å². The molecule has 62 valence electrons. The van der Waals surface area contributed by atoms with Gasteiger partial charge in [0.1, 0.15) is 5.82 Å². The summed E-state index contributed by atoms with van der Waals surface area (Å²) in [6.45, 7) is 2.08. The number of nitrogens with one attached hydrogen (secondary N) is 1. The molecule has 0 spiro atoms. The molecule has 0 saturated carbocycles. The van der Waals surface area contributed by atoms with E-state index in [1.165, 1.54) is 0 Å². The van der Waals surface area contributed by atoms with Crippen LogP contribution < -0.4 is 5.73 Å². The van der Waals surface area contributed by atoms with Crippen LogP contribution in [-0.2, 0) is 6.42 Å². The molecule has 0 aliphatic rings. The molecule has 0 fully saturated rings. The lowest BCUT2D eigenvalue weighted by Crippen LogP contribution is -1.93. The van der Waals surface area contributed by atoms with Crippen molar-refractivity contribution in [1.29, 1.82) is 0 Å². The van der Waals surface area contributed by atoms with Gasteiger partial charge in [-0.1, -0.05) is 6.92 Å². The second-order valence-corrected chi connectivity index (χ2v) is 2.68. The highest BCUT2D eigenvalue weighted by molar-refractivity contribution is 5.89. The minimum absolute atomic E-state index is 0.538. The summed E-state index contributed by atoms with van der Waals surface area (Å²) in [4.78, 5) is 4.07. The van der Waals surface area contributed by atoms with Gasteiger partial charge in [-0.05, 0) is 12.0 Å². The SMILES string of the molecule is CCc1cnc(N)c2cn[nH]c12. The summed E-state index contributed by atoms with van der Waals surface area (Å²) in [7, 11) is 0. The monoisotopic (exact) mass is 162 g/mol. The highest BCUT2D eigenvalue weighted by atomic mass is 15.1.